The van der Waals surface area contributed by atoms with Gasteiger partial charge in [0, 0.05) is 33.7 Å². The Hall–Kier alpha value is -2.58. The molecule has 1 amide bonds. The molecular weight excluding hydrogens is 424 g/mol. The van der Waals surface area contributed by atoms with Crippen LogP contribution < -0.4 is 10.6 Å². The first-order valence-electron chi connectivity index (χ1n) is 11.2. The second-order valence-corrected chi connectivity index (χ2v) is 10.5. The summed E-state index contributed by atoms with van der Waals surface area (Å²) >= 11 is 0. The molecule has 2 aromatic carbocycles. The van der Waals surface area contributed by atoms with Gasteiger partial charge < -0.3 is 15.5 Å². The van der Waals surface area contributed by atoms with E-state index in [4.69, 9.17) is 0 Å². The molecule has 174 valence electrons. The molecular formula is C24H34N4O3S. The number of likely N-dealkylation sites (tertiary alicyclic amines) is 1. The van der Waals surface area contributed by atoms with E-state index in [1.54, 1.807) is 18.2 Å². The fourth-order valence-corrected chi connectivity index (χ4v) is 4.93. The second kappa shape index (κ2) is 10.8. The number of carbonyl (C=O) groups is 1. The highest BCUT2D eigenvalue weighted by Crippen LogP contribution is 2.27. The van der Waals surface area contributed by atoms with Gasteiger partial charge in [0.2, 0.25) is 15.9 Å². The van der Waals surface area contributed by atoms with Crippen LogP contribution in [0.5, 0.6) is 0 Å². The Kier molecular flexibility index (Phi) is 8.15. The zero-order valence-electron chi connectivity index (χ0n) is 19.2. The molecule has 0 aliphatic carbocycles. The lowest BCUT2D eigenvalue weighted by molar-refractivity contribution is -0.130. The van der Waals surface area contributed by atoms with E-state index in [0.29, 0.717) is 18.2 Å². The lowest BCUT2D eigenvalue weighted by atomic mass is 9.90. The predicted molar refractivity (Wildman–Crippen MR) is 129 cm³/mol. The van der Waals surface area contributed by atoms with Crippen LogP contribution in [0, 0.1) is 5.92 Å². The minimum absolute atomic E-state index is 0.0338. The van der Waals surface area contributed by atoms with Crippen molar-refractivity contribution in [2.24, 2.45) is 5.92 Å². The van der Waals surface area contributed by atoms with E-state index in [1.807, 2.05) is 17.9 Å². The van der Waals surface area contributed by atoms with Crippen molar-refractivity contribution < 1.29 is 13.2 Å². The molecule has 1 fully saturated rings. The van der Waals surface area contributed by atoms with E-state index in [-0.39, 0.29) is 17.3 Å². The van der Waals surface area contributed by atoms with Crippen molar-refractivity contribution in [1.29, 1.82) is 0 Å². The van der Waals surface area contributed by atoms with Crippen LogP contribution in [0.2, 0.25) is 0 Å². The van der Waals surface area contributed by atoms with Gasteiger partial charge in [0.1, 0.15) is 0 Å². The monoisotopic (exact) mass is 458 g/mol. The molecule has 0 aromatic heterocycles. The number of anilines is 2. The highest BCUT2D eigenvalue weighted by molar-refractivity contribution is 7.89. The molecule has 1 heterocycles. The number of sulfonamides is 1. The first-order chi connectivity index (χ1) is 15.3. The third-order valence-corrected chi connectivity index (χ3v) is 7.71. The maximum atomic E-state index is 12.8. The Balaban J connectivity index is 1.59. The van der Waals surface area contributed by atoms with Crippen LogP contribution in [-0.4, -0.2) is 63.8 Å². The summed E-state index contributed by atoms with van der Waals surface area (Å²) in [6, 6.07) is 15.4. The number of benzene rings is 2. The highest BCUT2D eigenvalue weighted by atomic mass is 32.2. The number of piperidine rings is 1. The van der Waals surface area contributed by atoms with Gasteiger partial charge in [-0.25, -0.2) is 12.7 Å². The number of amides is 1. The summed E-state index contributed by atoms with van der Waals surface area (Å²) in [7, 11) is -0.541. The van der Waals surface area contributed by atoms with Crippen LogP contribution in [0.3, 0.4) is 0 Å². The van der Waals surface area contributed by atoms with Crippen molar-refractivity contribution in [1.82, 2.24) is 9.21 Å². The Labute approximate surface area is 191 Å². The minimum atomic E-state index is -3.55. The quantitative estimate of drug-likeness (QED) is 0.603. The van der Waals surface area contributed by atoms with E-state index in [2.05, 4.69) is 34.9 Å². The second-order valence-electron chi connectivity index (χ2n) is 8.39. The number of nitrogens with one attached hydrogen (secondary N) is 2. The van der Waals surface area contributed by atoms with Crippen molar-refractivity contribution in [3.8, 4) is 0 Å². The summed E-state index contributed by atoms with van der Waals surface area (Å²) in [6.45, 7) is 4.31. The third-order valence-electron chi connectivity index (χ3n) is 5.90. The van der Waals surface area contributed by atoms with E-state index >= 15 is 0 Å². The molecule has 7 nitrogen and oxygen atoms in total. The average Bonchev–Trinajstić information content (AvgIpc) is 2.79. The van der Waals surface area contributed by atoms with Crippen molar-refractivity contribution >= 4 is 27.3 Å². The SMILES string of the molecule is CCNc1ccc(S(=O)(=O)N(C)C)cc1NCC(=O)N1CCC(Cc2ccccc2)CC1. The van der Waals surface area contributed by atoms with Crippen molar-refractivity contribution in [2.75, 3.05) is 50.9 Å². The molecule has 0 spiro atoms. The summed E-state index contributed by atoms with van der Waals surface area (Å²) in [5, 5.41) is 6.38. The number of hydrogen-bond donors (Lipinski definition) is 2. The number of carbonyl (C=O) groups excluding carboxylic acids is 1. The smallest absolute Gasteiger partial charge is 0.242 e. The Morgan fingerprint density at radius 2 is 1.72 bits per heavy atom. The largest absolute Gasteiger partial charge is 0.384 e. The average molecular weight is 459 g/mol. The van der Waals surface area contributed by atoms with Crippen LogP contribution in [-0.2, 0) is 21.2 Å². The van der Waals surface area contributed by atoms with Crippen molar-refractivity contribution in [2.45, 2.75) is 31.1 Å². The normalized spacial score (nSPS) is 15.1. The number of hydrogen-bond acceptors (Lipinski definition) is 5. The maximum Gasteiger partial charge on any atom is 0.242 e. The highest BCUT2D eigenvalue weighted by Gasteiger charge is 2.23. The summed E-state index contributed by atoms with van der Waals surface area (Å²) in [5.74, 6) is 0.633. The molecule has 1 aliphatic rings. The molecule has 8 heteroatoms. The molecule has 0 bridgehead atoms. The number of nitrogens with zero attached hydrogens (tertiary/aromatic N) is 2. The fraction of sp³-hybridized carbons (Fsp3) is 0.458. The van der Waals surface area contributed by atoms with Gasteiger partial charge in [-0.1, -0.05) is 30.3 Å². The van der Waals surface area contributed by atoms with Crippen LogP contribution >= 0.6 is 0 Å². The summed E-state index contributed by atoms with van der Waals surface area (Å²) in [4.78, 5) is 14.9. The molecule has 0 radical (unpaired) electrons. The van der Waals surface area contributed by atoms with E-state index in [1.165, 1.54) is 24.0 Å². The van der Waals surface area contributed by atoms with Crippen molar-refractivity contribution in [3.05, 3.63) is 54.1 Å². The molecule has 1 aliphatic heterocycles. The van der Waals surface area contributed by atoms with Gasteiger partial charge in [-0.15, -0.1) is 0 Å². The summed E-state index contributed by atoms with van der Waals surface area (Å²) in [5.41, 5.74) is 2.74. The summed E-state index contributed by atoms with van der Waals surface area (Å²) < 4.78 is 26.2. The van der Waals surface area contributed by atoms with E-state index < -0.39 is 10.0 Å². The van der Waals surface area contributed by atoms with Gasteiger partial charge >= 0.3 is 0 Å². The lowest BCUT2D eigenvalue weighted by Gasteiger charge is -2.32. The molecule has 0 saturated carbocycles. The van der Waals surface area contributed by atoms with Gasteiger partial charge in [0.15, 0.2) is 0 Å². The van der Waals surface area contributed by atoms with Crippen LogP contribution in [0.1, 0.15) is 25.3 Å². The van der Waals surface area contributed by atoms with Crippen LogP contribution in [0.25, 0.3) is 0 Å². The Morgan fingerprint density at radius 3 is 2.34 bits per heavy atom. The van der Waals surface area contributed by atoms with Crippen LogP contribution in [0.15, 0.2) is 53.4 Å². The maximum absolute atomic E-state index is 12.8. The zero-order valence-corrected chi connectivity index (χ0v) is 20.0. The zero-order chi connectivity index (χ0) is 23.1. The van der Waals surface area contributed by atoms with Gasteiger partial charge in [-0.05, 0) is 55.9 Å². The topological polar surface area (TPSA) is 81.8 Å². The first-order valence-corrected chi connectivity index (χ1v) is 12.6. The predicted octanol–water partition coefficient (Wildman–Crippen LogP) is 3.26. The number of rotatable bonds is 9. The molecule has 0 atom stereocenters. The molecule has 3 rings (SSSR count). The van der Waals surface area contributed by atoms with E-state index in [0.717, 1.165) is 38.0 Å². The van der Waals surface area contributed by atoms with Gasteiger partial charge in [-0.3, -0.25) is 4.79 Å². The molecule has 2 N–H and O–H groups in total. The minimum Gasteiger partial charge on any atom is -0.384 e. The van der Waals surface area contributed by atoms with Crippen molar-refractivity contribution in [3.63, 3.8) is 0 Å². The lowest BCUT2D eigenvalue weighted by Crippen LogP contribution is -2.41. The fourth-order valence-electron chi connectivity index (χ4n) is 4.00. The van der Waals surface area contributed by atoms with Crippen LogP contribution in [0.4, 0.5) is 11.4 Å². The van der Waals surface area contributed by atoms with E-state index in [9.17, 15) is 13.2 Å². The standard InChI is InChI=1S/C24H34N4O3S/c1-4-25-22-11-10-21(32(30,31)27(2)3)17-23(22)26-18-24(29)28-14-12-20(13-15-28)16-19-8-6-5-7-9-19/h5-11,17,20,25-26H,4,12-16,18H2,1-3H3. The third kappa shape index (κ3) is 6.01. The van der Waals surface area contributed by atoms with Gasteiger partial charge in [0.05, 0.1) is 22.8 Å². The Morgan fingerprint density at radius 1 is 1.03 bits per heavy atom. The van der Waals surface area contributed by atoms with Gasteiger partial charge in [-0.2, -0.15) is 0 Å². The molecule has 32 heavy (non-hydrogen) atoms. The Bertz CT molecular complexity index is 1000. The molecule has 1 saturated heterocycles. The molecule has 2 aromatic rings. The first kappa shape index (κ1) is 24.1. The summed E-state index contributed by atoms with van der Waals surface area (Å²) in [6.07, 6.45) is 3.06. The molecule has 0 unspecified atom stereocenters. The van der Waals surface area contributed by atoms with Gasteiger partial charge in [0.25, 0.3) is 0 Å².